The first-order chi connectivity index (χ1) is 16.6. The molecular weight excluding hydrogens is 446 g/mol. The fraction of sp³-hybridized carbons (Fsp3) is 0.444. The number of amides is 2. The van der Waals surface area contributed by atoms with Crippen molar-refractivity contribution in [3.8, 4) is 5.75 Å². The number of urea groups is 1. The first kappa shape index (κ1) is 26.2. The predicted molar refractivity (Wildman–Crippen MR) is 136 cm³/mol. The van der Waals surface area contributed by atoms with Gasteiger partial charge in [-0.3, -0.25) is 14.9 Å². The Morgan fingerprint density at radius 2 is 1.66 bits per heavy atom. The summed E-state index contributed by atoms with van der Waals surface area (Å²) >= 11 is 0. The van der Waals surface area contributed by atoms with E-state index in [2.05, 4.69) is 16.0 Å². The number of rotatable bonds is 9. The van der Waals surface area contributed by atoms with Crippen LogP contribution in [0.2, 0.25) is 0 Å². The van der Waals surface area contributed by atoms with Crippen molar-refractivity contribution in [2.75, 3.05) is 24.3 Å². The molecular formula is C27H35N3O5. The molecule has 1 fully saturated rings. The van der Waals surface area contributed by atoms with Crippen molar-refractivity contribution >= 4 is 29.2 Å². The fourth-order valence-corrected chi connectivity index (χ4v) is 4.32. The molecule has 2 aromatic rings. The number of aliphatic carboxylic acids is 1. The van der Waals surface area contributed by atoms with Gasteiger partial charge in [0, 0.05) is 11.6 Å². The molecule has 2 amide bonds. The van der Waals surface area contributed by atoms with E-state index in [4.69, 9.17) is 4.74 Å². The van der Waals surface area contributed by atoms with E-state index in [1.807, 2.05) is 49.4 Å². The molecule has 4 N–H and O–H groups in total. The number of methoxy groups -OCH3 is 1. The molecule has 0 radical (unpaired) electrons. The van der Waals surface area contributed by atoms with Gasteiger partial charge < -0.3 is 20.5 Å². The third kappa shape index (κ3) is 7.05. The maximum absolute atomic E-state index is 12.5. The second-order valence-electron chi connectivity index (χ2n) is 9.70. The molecule has 8 nitrogen and oxygen atoms in total. The number of carbonyl (C=O) groups is 3. The molecule has 188 valence electrons. The molecule has 0 aliphatic heterocycles. The Kier molecular flexibility index (Phi) is 8.51. The van der Waals surface area contributed by atoms with Crippen LogP contribution in [0, 0.1) is 12.8 Å². The van der Waals surface area contributed by atoms with E-state index in [0.717, 1.165) is 31.2 Å². The van der Waals surface area contributed by atoms with Crippen LogP contribution >= 0.6 is 0 Å². The summed E-state index contributed by atoms with van der Waals surface area (Å²) in [7, 11) is 1.56. The van der Waals surface area contributed by atoms with Gasteiger partial charge in [-0.25, -0.2) is 4.79 Å². The van der Waals surface area contributed by atoms with Crippen LogP contribution in [-0.2, 0) is 9.59 Å². The van der Waals surface area contributed by atoms with E-state index in [-0.39, 0.29) is 24.3 Å². The lowest BCUT2D eigenvalue weighted by atomic mass is 9.77. The lowest BCUT2D eigenvalue weighted by molar-refractivity contribution is -0.143. The number of hydrogen-bond donors (Lipinski definition) is 4. The number of hydrogen-bond acceptors (Lipinski definition) is 5. The van der Waals surface area contributed by atoms with Gasteiger partial charge >= 0.3 is 12.0 Å². The summed E-state index contributed by atoms with van der Waals surface area (Å²) in [5.41, 5.74) is 2.38. The van der Waals surface area contributed by atoms with Gasteiger partial charge in [0.05, 0.1) is 19.3 Å². The highest BCUT2D eigenvalue weighted by molar-refractivity contribution is 6.00. The maximum Gasteiger partial charge on any atom is 0.323 e. The van der Waals surface area contributed by atoms with Crippen molar-refractivity contribution < 1.29 is 24.2 Å². The minimum atomic E-state index is -1.12. The number of Topliss-reactive ketones (excluding diaryl/α,β-unsaturated/α-hetero) is 1. The number of carboxylic acids is 1. The largest absolute Gasteiger partial charge is 0.495 e. The summed E-state index contributed by atoms with van der Waals surface area (Å²) in [5, 5.41) is 17.7. The molecule has 0 unspecified atom stereocenters. The molecule has 2 aromatic carbocycles. The van der Waals surface area contributed by atoms with Crippen LogP contribution in [-0.4, -0.2) is 42.1 Å². The van der Waals surface area contributed by atoms with Crippen molar-refractivity contribution in [1.29, 1.82) is 0 Å². The van der Waals surface area contributed by atoms with E-state index in [0.29, 0.717) is 23.0 Å². The monoisotopic (exact) mass is 481 g/mol. The fourth-order valence-electron chi connectivity index (χ4n) is 4.32. The van der Waals surface area contributed by atoms with Crippen LogP contribution in [0.5, 0.6) is 5.75 Å². The predicted octanol–water partition coefficient (Wildman–Crippen LogP) is 4.94. The van der Waals surface area contributed by atoms with E-state index >= 15 is 0 Å². The van der Waals surface area contributed by atoms with Crippen molar-refractivity contribution in [1.82, 2.24) is 5.32 Å². The van der Waals surface area contributed by atoms with Gasteiger partial charge in [0.2, 0.25) is 0 Å². The molecule has 0 atom stereocenters. The number of anilines is 2. The third-order valence-electron chi connectivity index (χ3n) is 6.66. The Labute approximate surface area is 206 Å². The van der Waals surface area contributed by atoms with Gasteiger partial charge in [-0.05, 0) is 87.8 Å². The summed E-state index contributed by atoms with van der Waals surface area (Å²) in [5.74, 6) is 0.0259. The topological polar surface area (TPSA) is 117 Å². The van der Waals surface area contributed by atoms with Crippen LogP contribution < -0.4 is 20.7 Å². The Morgan fingerprint density at radius 1 is 1.00 bits per heavy atom. The molecule has 0 bridgehead atoms. The zero-order valence-electron chi connectivity index (χ0n) is 20.8. The first-order valence-electron chi connectivity index (χ1n) is 11.9. The molecule has 0 aromatic heterocycles. The van der Waals surface area contributed by atoms with Crippen molar-refractivity contribution in [3.63, 3.8) is 0 Å². The first-order valence-corrected chi connectivity index (χ1v) is 11.9. The Balaban J connectivity index is 1.49. The van der Waals surface area contributed by atoms with Crippen LogP contribution in [0.4, 0.5) is 16.2 Å². The normalized spacial score (nSPS) is 17.9. The summed E-state index contributed by atoms with van der Waals surface area (Å²) in [6.45, 7) is 5.13. The number of carbonyl (C=O) groups excluding carboxylic acids is 2. The van der Waals surface area contributed by atoms with Gasteiger partial charge in [-0.15, -0.1) is 0 Å². The molecule has 1 aliphatic carbocycles. The zero-order chi connectivity index (χ0) is 25.6. The smallest absolute Gasteiger partial charge is 0.323 e. The molecule has 35 heavy (non-hydrogen) atoms. The minimum absolute atomic E-state index is 0.0356. The van der Waals surface area contributed by atoms with E-state index in [1.54, 1.807) is 21.0 Å². The van der Waals surface area contributed by atoms with E-state index in [1.165, 1.54) is 5.56 Å². The number of aryl methyl sites for hydroxylation is 1. The number of nitrogens with one attached hydrogen (secondary N) is 3. The Morgan fingerprint density at radius 3 is 2.26 bits per heavy atom. The molecule has 8 heteroatoms. The number of benzene rings is 2. The van der Waals surface area contributed by atoms with Crippen LogP contribution in [0.15, 0.2) is 42.5 Å². The summed E-state index contributed by atoms with van der Waals surface area (Å²) in [4.78, 5) is 36.2. The van der Waals surface area contributed by atoms with Crippen molar-refractivity contribution in [2.24, 2.45) is 5.92 Å². The molecule has 1 aliphatic rings. The van der Waals surface area contributed by atoms with Crippen LogP contribution in [0.1, 0.15) is 56.6 Å². The van der Waals surface area contributed by atoms with Crippen LogP contribution in [0.3, 0.4) is 0 Å². The number of ketones is 1. The van der Waals surface area contributed by atoms with Crippen molar-refractivity contribution in [2.45, 2.75) is 57.9 Å². The summed E-state index contributed by atoms with van der Waals surface area (Å²) in [6.07, 6.45) is 3.39. The maximum atomic E-state index is 12.5. The third-order valence-corrected chi connectivity index (χ3v) is 6.66. The van der Waals surface area contributed by atoms with Gasteiger partial charge in [-0.1, -0.05) is 18.2 Å². The van der Waals surface area contributed by atoms with Gasteiger partial charge in [0.25, 0.3) is 0 Å². The highest BCUT2D eigenvalue weighted by Crippen LogP contribution is 2.36. The molecule has 3 rings (SSSR count). The van der Waals surface area contributed by atoms with E-state index < -0.39 is 11.5 Å². The SMILES string of the molecule is COc1ccc(C)cc1NC(=O)Nc1ccc([C@H]2CC[C@H](C(=O)CNC(C)(C)C(=O)O)CC2)cc1. The molecule has 0 heterocycles. The number of ether oxygens (including phenoxy) is 1. The van der Waals surface area contributed by atoms with E-state index in [9.17, 15) is 19.5 Å². The van der Waals surface area contributed by atoms with Crippen LogP contribution in [0.25, 0.3) is 0 Å². The lowest BCUT2D eigenvalue weighted by Gasteiger charge is -2.29. The van der Waals surface area contributed by atoms with Gasteiger partial charge in [0.1, 0.15) is 17.1 Å². The standard InChI is InChI=1S/C27H35N3O5/c1-17-5-14-24(35-4)22(15-17)30-26(34)29-21-12-10-19(11-13-21)18-6-8-20(9-7-18)23(31)16-28-27(2,3)25(32)33/h5,10-15,18,20,28H,6-9,16H2,1-4H3,(H,32,33)(H2,29,30,34)/t18-,20-. The van der Waals surface area contributed by atoms with Gasteiger partial charge in [0.15, 0.2) is 0 Å². The second kappa shape index (κ2) is 11.4. The lowest BCUT2D eigenvalue weighted by Crippen LogP contribution is -2.49. The minimum Gasteiger partial charge on any atom is -0.495 e. The molecule has 1 saturated carbocycles. The highest BCUT2D eigenvalue weighted by atomic mass is 16.5. The highest BCUT2D eigenvalue weighted by Gasteiger charge is 2.30. The quantitative estimate of drug-likeness (QED) is 0.403. The Hall–Kier alpha value is -3.39. The summed E-state index contributed by atoms with van der Waals surface area (Å²) in [6, 6.07) is 13.1. The zero-order valence-corrected chi connectivity index (χ0v) is 20.8. The molecule has 0 saturated heterocycles. The average molecular weight is 482 g/mol. The average Bonchev–Trinajstić information content (AvgIpc) is 2.83. The summed E-state index contributed by atoms with van der Waals surface area (Å²) < 4.78 is 5.30. The Bertz CT molecular complexity index is 1060. The number of carboxylic acid groups (broad SMARTS) is 1. The molecule has 0 spiro atoms. The van der Waals surface area contributed by atoms with Crippen molar-refractivity contribution in [3.05, 3.63) is 53.6 Å². The van der Waals surface area contributed by atoms with Gasteiger partial charge in [-0.2, -0.15) is 0 Å². The second-order valence-corrected chi connectivity index (χ2v) is 9.70.